The Morgan fingerprint density at radius 1 is 1.50 bits per heavy atom. The summed E-state index contributed by atoms with van der Waals surface area (Å²) in [6.45, 7) is 4.47. The zero-order chi connectivity index (χ0) is 12.0. The molecule has 0 aromatic carbocycles. The van der Waals surface area contributed by atoms with Crippen molar-refractivity contribution in [1.29, 1.82) is 0 Å². The van der Waals surface area contributed by atoms with Crippen LogP contribution >= 0.6 is 15.9 Å². The van der Waals surface area contributed by atoms with E-state index in [-0.39, 0.29) is 0 Å². The van der Waals surface area contributed by atoms with Crippen molar-refractivity contribution in [3.05, 3.63) is 18.0 Å². The van der Waals surface area contributed by atoms with Crippen molar-refractivity contribution < 1.29 is 0 Å². The summed E-state index contributed by atoms with van der Waals surface area (Å²) in [5.74, 6) is 0.802. The largest absolute Gasteiger partial charge is 0.302 e. The molecule has 0 aliphatic carbocycles. The van der Waals surface area contributed by atoms with Gasteiger partial charge in [-0.1, -0.05) is 22.9 Å². The Labute approximate surface area is 107 Å². The van der Waals surface area contributed by atoms with Gasteiger partial charge in [-0.05, 0) is 32.4 Å². The number of alkyl halides is 1. The Morgan fingerprint density at radius 2 is 2.25 bits per heavy atom. The lowest BCUT2D eigenvalue weighted by Crippen LogP contribution is -2.20. The van der Waals surface area contributed by atoms with Crippen LogP contribution in [0.5, 0.6) is 0 Å². The predicted molar refractivity (Wildman–Crippen MR) is 71.7 cm³/mol. The van der Waals surface area contributed by atoms with Crippen LogP contribution in [-0.2, 0) is 13.6 Å². The summed E-state index contributed by atoms with van der Waals surface area (Å²) in [5.41, 5.74) is 1.29. The van der Waals surface area contributed by atoms with Crippen LogP contribution < -0.4 is 0 Å². The lowest BCUT2D eigenvalue weighted by atomic mass is 10.1. The molecule has 3 nitrogen and oxygen atoms in total. The van der Waals surface area contributed by atoms with E-state index in [0.29, 0.717) is 0 Å². The lowest BCUT2D eigenvalue weighted by Gasteiger charge is -2.18. The highest BCUT2D eigenvalue weighted by Crippen LogP contribution is 2.10. The van der Waals surface area contributed by atoms with Crippen molar-refractivity contribution >= 4 is 15.9 Å². The van der Waals surface area contributed by atoms with Gasteiger partial charge in [0, 0.05) is 30.7 Å². The smallest absolute Gasteiger partial charge is 0.0534 e. The molecule has 0 bridgehead atoms. The van der Waals surface area contributed by atoms with Crippen LogP contribution in [0.1, 0.15) is 25.3 Å². The Bertz CT molecular complexity index is 298. The molecule has 0 aliphatic rings. The van der Waals surface area contributed by atoms with Gasteiger partial charge < -0.3 is 4.90 Å². The highest BCUT2D eigenvalue weighted by atomic mass is 79.9. The van der Waals surface area contributed by atoms with Crippen LogP contribution in [0, 0.1) is 5.92 Å². The molecule has 0 spiro atoms. The van der Waals surface area contributed by atoms with Gasteiger partial charge in [-0.15, -0.1) is 0 Å². The molecule has 1 rings (SSSR count). The van der Waals surface area contributed by atoms with Crippen LogP contribution in [0.2, 0.25) is 0 Å². The first kappa shape index (κ1) is 13.7. The third kappa shape index (κ3) is 5.12. The Morgan fingerprint density at radius 3 is 2.81 bits per heavy atom. The number of hydrogen-bond donors (Lipinski definition) is 0. The average Bonchev–Trinajstić information content (AvgIpc) is 2.61. The molecular formula is C12H22BrN3. The summed E-state index contributed by atoms with van der Waals surface area (Å²) in [6.07, 6.45) is 6.56. The van der Waals surface area contributed by atoms with E-state index in [9.17, 15) is 0 Å². The minimum atomic E-state index is 0.802. The molecule has 92 valence electrons. The number of aryl methyl sites for hydroxylation is 1. The minimum absolute atomic E-state index is 0.802. The number of nitrogens with zero attached hydrogens (tertiary/aromatic N) is 3. The fourth-order valence-electron chi connectivity index (χ4n) is 1.72. The van der Waals surface area contributed by atoms with Gasteiger partial charge in [-0.25, -0.2) is 0 Å². The summed E-state index contributed by atoms with van der Waals surface area (Å²) >= 11 is 3.49. The van der Waals surface area contributed by atoms with E-state index in [0.717, 1.165) is 24.3 Å². The Kier molecular flexibility index (Phi) is 6.06. The fourth-order valence-corrected chi connectivity index (χ4v) is 2.50. The van der Waals surface area contributed by atoms with Gasteiger partial charge in [-0.2, -0.15) is 5.10 Å². The first-order valence-electron chi connectivity index (χ1n) is 5.84. The van der Waals surface area contributed by atoms with E-state index in [1.807, 2.05) is 17.9 Å². The molecule has 0 saturated heterocycles. The van der Waals surface area contributed by atoms with E-state index >= 15 is 0 Å². The van der Waals surface area contributed by atoms with Gasteiger partial charge in [0.05, 0.1) is 6.20 Å². The first-order valence-corrected chi connectivity index (χ1v) is 6.96. The second kappa shape index (κ2) is 7.07. The van der Waals surface area contributed by atoms with Crippen LogP contribution in [-0.4, -0.2) is 33.6 Å². The van der Waals surface area contributed by atoms with Crippen molar-refractivity contribution in [2.75, 3.05) is 18.9 Å². The van der Waals surface area contributed by atoms with E-state index in [4.69, 9.17) is 0 Å². The highest BCUT2D eigenvalue weighted by molar-refractivity contribution is 9.09. The van der Waals surface area contributed by atoms with E-state index in [2.05, 4.69) is 46.1 Å². The summed E-state index contributed by atoms with van der Waals surface area (Å²) in [4.78, 5) is 2.36. The Hall–Kier alpha value is -0.350. The maximum atomic E-state index is 4.18. The van der Waals surface area contributed by atoms with Crippen molar-refractivity contribution in [1.82, 2.24) is 14.7 Å². The maximum Gasteiger partial charge on any atom is 0.0534 e. The quantitative estimate of drug-likeness (QED) is 0.719. The molecule has 0 fully saturated rings. The van der Waals surface area contributed by atoms with Gasteiger partial charge in [0.1, 0.15) is 0 Å². The topological polar surface area (TPSA) is 21.1 Å². The highest BCUT2D eigenvalue weighted by Gasteiger charge is 2.05. The van der Waals surface area contributed by atoms with Gasteiger partial charge in [0.25, 0.3) is 0 Å². The van der Waals surface area contributed by atoms with Crippen molar-refractivity contribution in [2.45, 2.75) is 26.3 Å². The minimum Gasteiger partial charge on any atom is -0.302 e. The van der Waals surface area contributed by atoms with E-state index in [1.165, 1.54) is 18.4 Å². The summed E-state index contributed by atoms with van der Waals surface area (Å²) in [7, 11) is 4.13. The Balaban J connectivity index is 2.23. The third-order valence-electron chi connectivity index (χ3n) is 2.82. The maximum absolute atomic E-state index is 4.18. The SMILES string of the molecule is CC(CCBr)CCN(C)Cc1cnn(C)c1. The molecule has 16 heavy (non-hydrogen) atoms. The van der Waals surface area contributed by atoms with E-state index < -0.39 is 0 Å². The molecule has 1 unspecified atom stereocenters. The zero-order valence-corrected chi connectivity index (χ0v) is 12.1. The molecule has 0 N–H and O–H groups in total. The number of aromatic nitrogens is 2. The van der Waals surface area contributed by atoms with Crippen molar-refractivity contribution in [3.8, 4) is 0 Å². The molecule has 0 saturated carbocycles. The van der Waals surface area contributed by atoms with Crippen LogP contribution in [0.25, 0.3) is 0 Å². The fraction of sp³-hybridized carbons (Fsp3) is 0.750. The van der Waals surface area contributed by atoms with Gasteiger partial charge in [0.15, 0.2) is 0 Å². The van der Waals surface area contributed by atoms with Gasteiger partial charge in [0.2, 0.25) is 0 Å². The molecule has 1 atom stereocenters. The molecule has 0 amide bonds. The van der Waals surface area contributed by atoms with Crippen LogP contribution in [0.4, 0.5) is 0 Å². The normalized spacial score (nSPS) is 13.3. The molecule has 1 heterocycles. The van der Waals surface area contributed by atoms with Gasteiger partial charge in [-0.3, -0.25) is 4.68 Å². The monoisotopic (exact) mass is 287 g/mol. The second-order valence-corrected chi connectivity index (χ2v) is 5.42. The summed E-state index contributed by atoms with van der Waals surface area (Å²) in [5, 5.41) is 5.29. The first-order chi connectivity index (χ1) is 7.61. The molecule has 0 radical (unpaired) electrons. The van der Waals surface area contributed by atoms with Crippen molar-refractivity contribution in [2.24, 2.45) is 13.0 Å². The molecular weight excluding hydrogens is 266 g/mol. The zero-order valence-electron chi connectivity index (χ0n) is 10.5. The van der Waals surface area contributed by atoms with E-state index in [1.54, 1.807) is 0 Å². The third-order valence-corrected chi connectivity index (χ3v) is 3.27. The standard InChI is InChI=1S/C12H22BrN3/c1-11(4-6-13)5-7-15(2)9-12-8-14-16(3)10-12/h8,10-11H,4-7,9H2,1-3H3. The summed E-state index contributed by atoms with van der Waals surface area (Å²) in [6, 6.07) is 0. The van der Waals surface area contributed by atoms with Crippen LogP contribution in [0.3, 0.4) is 0 Å². The second-order valence-electron chi connectivity index (χ2n) is 4.63. The molecule has 4 heteroatoms. The number of hydrogen-bond acceptors (Lipinski definition) is 2. The summed E-state index contributed by atoms with van der Waals surface area (Å²) < 4.78 is 1.86. The van der Waals surface area contributed by atoms with Crippen LogP contribution in [0.15, 0.2) is 12.4 Å². The number of rotatable bonds is 7. The van der Waals surface area contributed by atoms with Gasteiger partial charge >= 0.3 is 0 Å². The predicted octanol–water partition coefficient (Wildman–Crippen LogP) is 2.66. The molecule has 1 aromatic rings. The number of halogens is 1. The average molecular weight is 288 g/mol. The molecule has 1 aromatic heterocycles. The lowest BCUT2D eigenvalue weighted by molar-refractivity contribution is 0.297. The van der Waals surface area contributed by atoms with Crippen molar-refractivity contribution in [3.63, 3.8) is 0 Å². The molecule has 0 aliphatic heterocycles.